The maximum Gasteiger partial charge on any atom is 0.345 e. The number of aromatic carboxylic acids is 1. The van der Waals surface area contributed by atoms with Crippen molar-refractivity contribution in [2.24, 2.45) is 0 Å². The first-order valence-corrected chi connectivity index (χ1v) is 7.75. The van der Waals surface area contributed by atoms with Gasteiger partial charge in [-0.2, -0.15) is 10.2 Å². The van der Waals surface area contributed by atoms with Crippen LogP contribution in [0.4, 0.5) is 5.82 Å². The van der Waals surface area contributed by atoms with E-state index in [1.54, 1.807) is 24.3 Å². The van der Waals surface area contributed by atoms with E-state index >= 15 is 0 Å². The molecule has 8 heteroatoms. The Labute approximate surface area is 143 Å². The van der Waals surface area contributed by atoms with Gasteiger partial charge in [0.1, 0.15) is 11.9 Å². The van der Waals surface area contributed by atoms with E-state index in [0.29, 0.717) is 24.0 Å². The predicted molar refractivity (Wildman–Crippen MR) is 87.8 cm³/mol. The summed E-state index contributed by atoms with van der Waals surface area (Å²) in [5.41, 5.74) is 6.39. The first kappa shape index (κ1) is 16.7. The number of benzene rings is 1. The van der Waals surface area contributed by atoms with Crippen LogP contribution >= 0.6 is 0 Å². The summed E-state index contributed by atoms with van der Waals surface area (Å²) in [5, 5.41) is 28.3. The number of carboxylic acid groups (broad SMARTS) is 1. The summed E-state index contributed by atoms with van der Waals surface area (Å²) in [5.74, 6) is -1.56. The minimum Gasteiger partial charge on any atom is -0.477 e. The third kappa shape index (κ3) is 3.36. The highest BCUT2D eigenvalue weighted by Gasteiger charge is 2.30. The zero-order valence-corrected chi connectivity index (χ0v) is 13.2. The van der Waals surface area contributed by atoms with Crippen molar-refractivity contribution in [1.29, 1.82) is 5.26 Å². The maximum atomic E-state index is 11.5. The van der Waals surface area contributed by atoms with Crippen LogP contribution in [0.2, 0.25) is 0 Å². The fraction of sp³-hybridized carbons (Fsp3) is 0.294. The maximum absolute atomic E-state index is 11.5. The number of rotatable bonds is 4. The second-order valence-electron chi connectivity index (χ2n) is 5.76. The molecule has 0 radical (unpaired) electrons. The second kappa shape index (κ2) is 6.75. The quantitative estimate of drug-likeness (QED) is 0.761. The molecule has 0 bridgehead atoms. The summed E-state index contributed by atoms with van der Waals surface area (Å²) < 4.78 is 5.65. The van der Waals surface area contributed by atoms with Crippen molar-refractivity contribution < 1.29 is 19.7 Å². The van der Waals surface area contributed by atoms with Gasteiger partial charge in [0.05, 0.1) is 17.7 Å². The normalized spacial score (nSPS) is 19.4. The van der Waals surface area contributed by atoms with E-state index in [1.807, 2.05) is 6.07 Å². The number of nitrogens with zero attached hydrogens (tertiary/aromatic N) is 3. The van der Waals surface area contributed by atoms with Gasteiger partial charge in [-0.1, -0.05) is 12.1 Å². The molecule has 128 valence electrons. The molecule has 0 spiro atoms. The van der Waals surface area contributed by atoms with Crippen molar-refractivity contribution in [3.63, 3.8) is 0 Å². The van der Waals surface area contributed by atoms with E-state index in [-0.39, 0.29) is 23.1 Å². The zero-order chi connectivity index (χ0) is 18.0. The number of aliphatic hydroxyl groups excluding tert-OH is 1. The molecule has 2 atom stereocenters. The molecule has 8 nitrogen and oxygen atoms in total. The second-order valence-corrected chi connectivity index (χ2v) is 5.76. The van der Waals surface area contributed by atoms with Crippen LogP contribution in [0, 0.1) is 11.3 Å². The minimum absolute atomic E-state index is 0.155. The molecule has 0 unspecified atom stereocenters. The van der Waals surface area contributed by atoms with Crippen molar-refractivity contribution in [3.8, 4) is 23.3 Å². The molecule has 1 fully saturated rings. The standard InChI is InChI=1S/C17H16N4O4/c18-8-9-3-1-4-10(7-9)15-20-14(19)13(17(23)24)16(21-15)25-12-6-2-5-11(12)22/h1,3-4,7,11-12,22H,2,5-6H2,(H,23,24)(H2,19,20,21)/t11-,12-/m1/s1. The Bertz CT molecular complexity index is 862. The monoisotopic (exact) mass is 340 g/mol. The van der Waals surface area contributed by atoms with Gasteiger partial charge in [-0.15, -0.1) is 0 Å². The fourth-order valence-electron chi connectivity index (χ4n) is 2.79. The number of nitriles is 1. The van der Waals surface area contributed by atoms with Gasteiger partial charge < -0.3 is 20.7 Å². The van der Waals surface area contributed by atoms with Gasteiger partial charge >= 0.3 is 5.97 Å². The molecule has 1 heterocycles. The van der Waals surface area contributed by atoms with E-state index < -0.39 is 18.2 Å². The van der Waals surface area contributed by atoms with Crippen LogP contribution in [0.25, 0.3) is 11.4 Å². The van der Waals surface area contributed by atoms with Gasteiger partial charge in [-0.25, -0.2) is 9.78 Å². The van der Waals surface area contributed by atoms with Crippen LogP contribution in [-0.4, -0.2) is 38.4 Å². The molecule has 3 rings (SSSR count). The molecular weight excluding hydrogens is 324 g/mol. The first-order chi connectivity index (χ1) is 12.0. The van der Waals surface area contributed by atoms with Gasteiger partial charge in [-0.05, 0) is 31.4 Å². The van der Waals surface area contributed by atoms with Crippen LogP contribution in [0.3, 0.4) is 0 Å². The van der Waals surface area contributed by atoms with Crippen LogP contribution in [0.1, 0.15) is 35.2 Å². The first-order valence-electron chi connectivity index (χ1n) is 7.75. The van der Waals surface area contributed by atoms with E-state index in [4.69, 9.17) is 15.7 Å². The Kier molecular flexibility index (Phi) is 4.50. The lowest BCUT2D eigenvalue weighted by molar-refractivity contribution is 0.0534. The largest absolute Gasteiger partial charge is 0.477 e. The smallest absolute Gasteiger partial charge is 0.345 e. The fourth-order valence-corrected chi connectivity index (χ4v) is 2.79. The molecule has 25 heavy (non-hydrogen) atoms. The van der Waals surface area contributed by atoms with Crippen LogP contribution in [0.15, 0.2) is 24.3 Å². The molecule has 1 aromatic carbocycles. The average molecular weight is 340 g/mol. The number of carbonyl (C=O) groups is 1. The number of ether oxygens (including phenoxy) is 1. The Morgan fingerprint density at radius 3 is 2.80 bits per heavy atom. The van der Waals surface area contributed by atoms with Crippen molar-refractivity contribution in [1.82, 2.24) is 9.97 Å². The number of hydrogen-bond donors (Lipinski definition) is 3. The number of hydrogen-bond acceptors (Lipinski definition) is 7. The SMILES string of the molecule is N#Cc1cccc(-c2nc(N)c(C(=O)O)c(O[C@@H]3CCC[C@H]3O)n2)c1. The number of anilines is 1. The highest BCUT2D eigenvalue weighted by Crippen LogP contribution is 2.30. The highest BCUT2D eigenvalue weighted by atomic mass is 16.5. The van der Waals surface area contributed by atoms with E-state index in [9.17, 15) is 15.0 Å². The number of aliphatic hydroxyl groups is 1. The number of nitrogen functional groups attached to an aromatic ring is 1. The van der Waals surface area contributed by atoms with Crippen molar-refractivity contribution in [2.45, 2.75) is 31.5 Å². The summed E-state index contributed by atoms with van der Waals surface area (Å²) >= 11 is 0. The Morgan fingerprint density at radius 1 is 1.36 bits per heavy atom. The summed E-state index contributed by atoms with van der Waals surface area (Å²) in [6.45, 7) is 0. The number of carboxylic acids is 1. The Morgan fingerprint density at radius 2 is 2.16 bits per heavy atom. The molecule has 2 aromatic rings. The predicted octanol–water partition coefficient (Wildman–Crippen LogP) is 1.59. The van der Waals surface area contributed by atoms with Gasteiger partial charge in [-0.3, -0.25) is 0 Å². The topological polar surface area (TPSA) is 142 Å². The van der Waals surface area contributed by atoms with Crippen molar-refractivity contribution in [3.05, 3.63) is 35.4 Å². The van der Waals surface area contributed by atoms with Gasteiger partial charge in [0, 0.05) is 5.56 Å². The van der Waals surface area contributed by atoms with Crippen LogP contribution in [-0.2, 0) is 0 Å². The molecule has 1 aliphatic carbocycles. The lowest BCUT2D eigenvalue weighted by Gasteiger charge is -2.18. The van der Waals surface area contributed by atoms with E-state index in [1.165, 1.54) is 0 Å². The molecule has 0 amide bonds. The van der Waals surface area contributed by atoms with Crippen LogP contribution < -0.4 is 10.5 Å². The van der Waals surface area contributed by atoms with Crippen LogP contribution in [0.5, 0.6) is 5.88 Å². The summed E-state index contributed by atoms with van der Waals surface area (Å²) in [4.78, 5) is 19.7. The third-order valence-corrected chi connectivity index (χ3v) is 4.05. The highest BCUT2D eigenvalue weighted by molar-refractivity contribution is 5.95. The number of aromatic nitrogens is 2. The van der Waals surface area contributed by atoms with Crippen molar-refractivity contribution in [2.75, 3.05) is 5.73 Å². The lowest BCUT2D eigenvalue weighted by atomic mass is 10.1. The Hall–Kier alpha value is -3.18. The molecule has 4 N–H and O–H groups in total. The molecule has 1 aliphatic rings. The van der Waals surface area contributed by atoms with E-state index in [2.05, 4.69) is 9.97 Å². The lowest BCUT2D eigenvalue weighted by Crippen LogP contribution is -2.27. The summed E-state index contributed by atoms with van der Waals surface area (Å²) in [6.07, 6.45) is 0.758. The van der Waals surface area contributed by atoms with Crippen molar-refractivity contribution >= 4 is 11.8 Å². The summed E-state index contributed by atoms with van der Waals surface area (Å²) in [7, 11) is 0. The summed E-state index contributed by atoms with van der Waals surface area (Å²) in [6, 6.07) is 8.57. The average Bonchev–Trinajstić information content (AvgIpc) is 2.99. The van der Waals surface area contributed by atoms with Gasteiger partial charge in [0.25, 0.3) is 0 Å². The zero-order valence-electron chi connectivity index (χ0n) is 13.2. The Balaban J connectivity index is 2.06. The molecular formula is C17H16N4O4. The molecule has 0 aliphatic heterocycles. The molecule has 1 aromatic heterocycles. The minimum atomic E-state index is -1.31. The van der Waals surface area contributed by atoms with Gasteiger partial charge in [0.15, 0.2) is 11.4 Å². The molecule has 1 saturated carbocycles. The number of nitrogens with two attached hydrogens (primary N) is 1. The molecule has 0 saturated heterocycles. The third-order valence-electron chi connectivity index (χ3n) is 4.05. The van der Waals surface area contributed by atoms with Gasteiger partial charge in [0.2, 0.25) is 5.88 Å². The van der Waals surface area contributed by atoms with E-state index in [0.717, 1.165) is 6.42 Å².